The largest absolute Gasteiger partial charge is 0.508 e. The van der Waals surface area contributed by atoms with Crippen LogP contribution in [0.1, 0.15) is 5.56 Å². The molecule has 0 saturated heterocycles. The highest BCUT2D eigenvalue weighted by Gasteiger charge is 2.16. The molecule has 6 rings (SSSR count). The third kappa shape index (κ3) is 3.20. The summed E-state index contributed by atoms with van der Waals surface area (Å²) in [5.74, 6) is -0.677. The van der Waals surface area contributed by atoms with Gasteiger partial charge in [0.05, 0.1) is 11.4 Å². The van der Waals surface area contributed by atoms with Gasteiger partial charge >= 0.3 is 0 Å². The molecular formula is C25H17FN6O. The van der Waals surface area contributed by atoms with Crippen LogP contribution in [0.3, 0.4) is 0 Å². The standard InChI is InChI=1S/C25H17FN6O/c1-13-2-4-27-12-20(13)15-8-19-24(31-32-25(19)29-11-15)22-10-18-21(30-22)3-5-28-23(18)14-6-16(26)9-17(33)7-14/h2-12,30,33H,1H3,(H,29,31,32). The van der Waals surface area contributed by atoms with E-state index in [0.717, 1.165) is 44.7 Å². The molecule has 0 aliphatic carbocycles. The van der Waals surface area contributed by atoms with Crippen LogP contribution in [0.4, 0.5) is 4.39 Å². The second-order valence-corrected chi connectivity index (χ2v) is 7.88. The first-order chi connectivity index (χ1) is 16.1. The maximum Gasteiger partial charge on any atom is 0.155 e. The van der Waals surface area contributed by atoms with Gasteiger partial charge in [-0.25, -0.2) is 9.37 Å². The van der Waals surface area contributed by atoms with E-state index in [4.69, 9.17) is 0 Å². The molecule has 0 fully saturated rings. The van der Waals surface area contributed by atoms with Gasteiger partial charge in [-0.3, -0.25) is 15.1 Å². The fourth-order valence-corrected chi connectivity index (χ4v) is 4.14. The van der Waals surface area contributed by atoms with E-state index in [0.29, 0.717) is 22.6 Å². The molecule has 6 aromatic rings. The van der Waals surface area contributed by atoms with E-state index in [-0.39, 0.29) is 5.75 Å². The van der Waals surface area contributed by atoms with E-state index < -0.39 is 5.82 Å². The molecule has 7 nitrogen and oxygen atoms in total. The quantitative estimate of drug-likeness (QED) is 0.345. The highest BCUT2D eigenvalue weighted by Crippen LogP contribution is 2.35. The lowest BCUT2D eigenvalue weighted by Gasteiger charge is -2.04. The lowest BCUT2D eigenvalue weighted by molar-refractivity contribution is 0.469. The smallest absolute Gasteiger partial charge is 0.155 e. The summed E-state index contributed by atoms with van der Waals surface area (Å²) in [6, 6.07) is 11.7. The van der Waals surface area contributed by atoms with Crippen molar-refractivity contribution in [1.82, 2.24) is 30.1 Å². The molecule has 8 heteroatoms. The van der Waals surface area contributed by atoms with Crippen molar-refractivity contribution in [3.8, 4) is 39.5 Å². The van der Waals surface area contributed by atoms with Crippen LogP contribution in [0, 0.1) is 12.7 Å². The van der Waals surface area contributed by atoms with Crippen molar-refractivity contribution in [3.05, 3.63) is 78.6 Å². The van der Waals surface area contributed by atoms with E-state index in [9.17, 15) is 9.50 Å². The first-order valence-corrected chi connectivity index (χ1v) is 10.3. The van der Waals surface area contributed by atoms with Gasteiger partial charge in [-0.1, -0.05) is 0 Å². The van der Waals surface area contributed by atoms with Crippen molar-refractivity contribution in [1.29, 1.82) is 0 Å². The van der Waals surface area contributed by atoms with Gasteiger partial charge in [0.1, 0.15) is 17.3 Å². The molecule has 0 radical (unpaired) electrons. The lowest BCUT2D eigenvalue weighted by atomic mass is 10.0. The number of aromatic amines is 2. The van der Waals surface area contributed by atoms with Crippen LogP contribution in [0.2, 0.25) is 0 Å². The molecule has 3 N–H and O–H groups in total. The molecule has 0 unspecified atom stereocenters. The Kier molecular flexibility index (Phi) is 4.19. The van der Waals surface area contributed by atoms with Crippen LogP contribution in [-0.4, -0.2) is 35.2 Å². The number of fused-ring (bicyclic) bond motifs is 2. The second-order valence-electron chi connectivity index (χ2n) is 7.88. The molecule has 0 bridgehead atoms. The molecule has 0 saturated carbocycles. The molecule has 5 aromatic heterocycles. The van der Waals surface area contributed by atoms with Crippen molar-refractivity contribution >= 4 is 21.9 Å². The summed E-state index contributed by atoms with van der Waals surface area (Å²) < 4.78 is 13.9. The fourth-order valence-electron chi connectivity index (χ4n) is 4.14. The summed E-state index contributed by atoms with van der Waals surface area (Å²) in [7, 11) is 0. The van der Waals surface area contributed by atoms with Gasteiger partial charge < -0.3 is 10.1 Å². The van der Waals surface area contributed by atoms with E-state index in [1.807, 2.05) is 37.4 Å². The van der Waals surface area contributed by atoms with Crippen LogP contribution in [0.5, 0.6) is 5.75 Å². The van der Waals surface area contributed by atoms with Gasteiger partial charge in [0.15, 0.2) is 5.65 Å². The SMILES string of the molecule is Cc1ccncc1-c1cnc2[nH]nc(-c3cc4c(-c5cc(O)cc(F)c5)nccc4[nH]3)c2c1. The average molecular weight is 436 g/mol. The van der Waals surface area contributed by atoms with Crippen molar-refractivity contribution in [2.45, 2.75) is 6.92 Å². The summed E-state index contributed by atoms with van der Waals surface area (Å²) in [4.78, 5) is 16.6. The maximum atomic E-state index is 13.9. The summed E-state index contributed by atoms with van der Waals surface area (Å²) in [6.07, 6.45) is 7.04. The summed E-state index contributed by atoms with van der Waals surface area (Å²) in [5, 5.41) is 19.0. The minimum atomic E-state index is -0.526. The van der Waals surface area contributed by atoms with E-state index in [2.05, 4.69) is 30.1 Å². The van der Waals surface area contributed by atoms with Gasteiger partial charge in [-0.15, -0.1) is 0 Å². The van der Waals surface area contributed by atoms with E-state index in [1.165, 1.54) is 12.1 Å². The molecule has 0 aliphatic rings. The predicted octanol–water partition coefficient (Wildman–Crippen LogP) is 5.38. The molecule has 5 heterocycles. The number of nitrogens with zero attached hydrogens (tertiary/aromatic N) is 4. The van der Waals surface area contributed by atoms with E-state index >= 15 is 0 Å². The Morgan fingerprint density at radius 1 is 0.879 bits per heavy atom. The number of pyridine rings is 3. The van der Waals surface area contributed by atoms with Crippen molar-refractivity contribution < 1.29 is 9.50 Å². The number of benzene rings is 1. The zero-order valence-electron chi connectivity index (χ0n) is 17.5. The molecule has 0 atom stereocenters. The number of nitrogens with one attached hydrogen (secondary N) is 2. The number of aromatic hydroxyl groups is 1. The first kappa shape index (κ1) is 19.1. The topological polar surface area (TPSA) is 103 Å². The first-order valence-electron chi connectivity index (χ1n) is 10.3. The Morgan fingerprint density at radius 3 is 2.64 bits per heavy atom. The number of phenols is 1. The van der Waals surface area contributed by atoms with Gasteiger partial charge in [-0.2, -0.15) is 5.10 Å². The highest BCUT2D eigenvalue weighted by atomic mass is 19.1. The molecule has 0 aliphatic heterocycles. The second kappa shape index (κ2) is 7.23. The van der Waals surface area contributed by atoms with Crippen LogP contribution >= 0.6 is 0 Å². The highest BCUT2D eigenvalue weighted by molar-refractivity contribution is 6.00. The Morgan fingerprint density at radius 2 is 1.79 bits per heavy atom. The zero-order chi connectivity index (χ0) is 22.5. The maximum absolute atomic E-state index is 13.9. The molecule has 160 valence electrons. The fraction of sp³-hybridized carbons (Fsp3) is 0.0400. The lowest BCUT2D eigenvalue weighted by Crippen LogP contribution is -1.87. The number of aromatic nitrogens is 6. The zero-order valence-corrected chi connectivity index (χ0v) is 17.5. The molecular weight excluding hydrogens is 419 g/mol. The third-order valence-corrected chi connectivity index (χ3v) is 5.73. The Labute approximate surface area is 187 Å². The number of halogens is 1. The van der Waals surface area contributed by atoms with Crippen molar-refractivity contribution in [3.63, 3.8) is 0 Å². The van der Waals surface area contributed by atoms with Crippen molar-refractivity contribution in [2.75, 3.05) is 0 Å². The monoisotopic (exact) mass is 436 g/mol. The molecule has 1 aromatic carbocycles. The van der Waals surface area contributed by atoms with Crippen LogP contribution in [0.15, 0.2) is 67.3 Å². The Hall–Kier alpha value is -4.59. The number of phenolic OH excluding ortho intramolecular Hbond substituents is 1. The number of H-pyrrole nitrogens is 2. The van der Waals surface area contributed by atoms with Gasteiger partial charge in [0.2, 0.25) is 0 Å². The molecule has 0 spiro atoms. The number of hydrogen-bond acceptors (Lipinski definition) is 5. The van der Waals surface area contributed by atoms with Crippen LogP contribution in [-0.2, 0) is 0 Å². The summed E-state index contributed by atoms with van der Waals surface area (Å²) in [5.41, 5.74) is 7.09. The summed E-state index contributed by atoms with van der Waals surface area (Å²) >= 11 is 0. The van der Waals surface area contributed by atoms with Crippen LogP contribution in [0.25, 0.3) is 55.7 Å². The minimum Gasteiger partial charge on any atom is -0.508 e. The summed E-state index contributed by atoms with van der Waals surface area (Å²) in [6.45, 7) is 2.04. The third-order valence-electron chi connectivity index (χ3n) is 5.73. The molecule has 33 heavy (non-hydrogen) atoms. The predicted molar refractivity (Wildman–Crippen MR) is 124 cm³/mol. The molecule has 0 amide bonds. The van der Waals surface area contributed by atoms with Gasteiger partial charge in [-0.05, 0) is 48.9 Å². The normalized spacial score (nSPS) is 11.5. The Balaban J connectivity index is 1.52. The van der Waals surface area contributed by atoms with Gasteiger partial charge in [0.25, 0.3) is 0 Å². The number of aryl methyl sites for hydroxylation is 1. The Bertz CT molecular complexity index is 1650. The van der Waals surface area contributed by atoms with Crippen molar-refractivity contribution in [2.24, 2.45) is 0 Å². The average Bonchev–Trinajstić information content (AvgIpc) is 3.42. The van der Waals surface area contributed by atoms with Gasteiger partial charge in [0, 0.05) is 63.8 Å². The number of rotatable bonds is 3. The van der Waals surface area contributed by atoms with E-state index in [1.54, 1.807) is 18.6 Å². The minimum absolute atomic E-state index is 0.151. The van der Waals surface area contributed by atoms with Crippen LogP contribution < -0.4 is 0 Å². The number of hydrogen-bond donors (Lipinski definition) is 3.